The molecule has 1 heterocycles. The van der Waals surface area contributed by atoms with Crippen molar-refractivity contribution in [2.75, 3.05) is 12.0 Å². The number of sulfone groups is 1. The molecule has 0 bridgehead atoms. The minimum atomic E-state index is -3.17. The van der Waals surface area contributed by atoms with Gasteiger partial charge in [0.2, 0.25) is 0 Å². The molecule has 0 saturated carbocycles. The molecule has 0 saturated heterocycles. The summed E-state index contributed by atoms with van der Waals surface area (Å²) in [5.41, 5.74) is 1.22. The summed E-state index contributed by atoms with van der Waals surface area (Å²) in [5.74, 6) is -0.264. The Morgan fingerprint density at radius 1 is 1.64 bits per heavy atom. The fraction of sp³-hybridized carbons (Fsp3) is 0.625. The zero-order valence-electron chi connectivity index (χ0n) is 8.43. The molecule has 0 aliphatic rings. The van der Waals surface area contributed by atoms with Crippen LogP contribution in [0.5, 0.6) is 0 Å². The minimum Gasteiger partial charge on any atom is -0.387 e. The van der Waals surface area contributed by atoms with Gasteiger partial charge in [0, 0.05) is 25.1 Å². The van der Waals surface area contributed by atoms with E-state index >= 15 is 0 Å². The first-order valence-corrected chi connectivity index (χ1v) is 6.21. The van der Waals surface area contributed by atoms with Gasteiger partial charge < -0.3 is 5.11 Å². The molecule has 0 aliphatic heterocycles. The lowest BCUT2D eigenvalue weighted by atomic mass is 10.2. The maximum absolute atomic E-state index is 10.9. The number of aromatic nitrogens is 2. The van der Waals surface area contributed by atoms with Crippen molar-refractivity contribution in [3.63, 3.8) is 0 Å². The van der Waals surface area contributed by atoms with Crippen LogP contribution in [0.15, 0.2) is 6.20 Å². The molecule has 0 radical (unpaired) electrons. The third-order valence-corrected chi connectivity index (χ3v) is 2.79. The highest BCUT2D eigenvalue weighted by atomic mass is 32.2. The molecule has 6 heteroatoms. The van der Waals surface area contributed by atoms with Crippen molar-refractivity contribution in [1.29, 1.82) is 0 Å². The Kier molecular flexibility index (Phi) is 2.96. The van der Waals surface area contributed by atoms with Gasteiger partial charge in [-0.2, -0.15) is 5.10 Å². The molecule has 0 spiro atoms. The molecule has 14 heavy (non-hydrogen) atoms. The van der Waals surface area contributed by atoms with Crippen molar-refractivity contribution >= 4 is 9.84 Å². The van der Waals surface area contributed by atoms with E-state index in [1.165, 1.54) is 0 Å². The van der Waals surface area contributed by atoms with E-state index < -0.39 is 15.9 Å². The standard InChI is InChI=1S/C8H14N2O3S/c1-6-7(4-10(2)9-6)8(11)5-14(3,12)13/h4,8,11H,5H2,1-3H3. The highest BCUT2D eigenvalue weighted by Gasteiger charge is 2.18. The maximum Gasteiger partial charge on any atom is 0.150 e. The van der Waals surface area contributed by atoms with E-state index in [1.54, 1.807) is 24.9 Å². The van der Waals surface area contributed by atoms with Gasteiger partial charge in [0.05, 0.1) is 17.6 Å². The summed E-state index contributed by atoms with van der Waals surface area (Å²) in [4.78, 5) is 0. The van der Waals surface area contributed by atoms with Crippen LogP contribution in [0.3, 0.4) is 0 Å². The summed E-state index contributed by atoms with van der Waals surface area (Å²) in [5, 5.41) is 13.6. The number of rotatable bonds is 3. The third kappa shape index (κ3) is 2.81. The van der Waals surface area contributed by atoms with Gasteiger partial charge in [0.25, 0.3) is 0 Å². The Morgan fingerprint density at radius 2 is 2.21 bits per heavy atom. The van der Waals surface area contributed by atoms with Crippen LogP contribution < -0.4 is 0 Å². The Labute approximate surface area is 83.3 Å². The molecule has 80 valence electrons. The smallest absolute Gasteiger partial charge is 0.150 e. The summed E-state index contributed by atoms with van der Waals surface area (Å²) in [6.07, 6.45) is 1.74. The van der Waals surface area contributed by atoms with Crippen LogP contribution in [0.1, 0.15) is 17.4 Å². The topological polar surface area (TPSA) is 72.2 Å². The third-order valence-electron chi connectivity index (χ3n) is 1.87. The summed E-state index contributed by atoms with van der Waals surface area (Å²) >= 11 is 0. The van der Waals surface area contributed by atoms with E-state index in [-0.39, 0.29) is 5.75 Å². The Morgan fingerprint density at radius 3 is 2.57 bits per heavy atom. The Bertz CT molecular complexity index is 422. The average Bonchev–Trinajstić information content (AvgIpc) is 2.26. The van der Waals surface area contributed by atoms with Gasteiger partial charge in [-0.3, -0.25) is 4.68 Å². The summed E-state index contributed by atoms with van der Waals surface area (Å²) in [6.45, 7) is 1.74. The van der Waals surface area contributed by atoms with Crippen LogP contribution in [0.25, 0.3) is 0 Å². The number of nitrogens with zero attached hydrogens (tertiary/aromatic N) is 2. The van der Waals surface area contributed by atoms with Gasteiger partial charge in [0.1, 0.15) is 9.84 Å². The van der Waals surface area contributed by atoms with Crippen molar-refractivity contribution in [1.82, 2.24) is 9.78 Å². The zero-order chi connectivity index (χ0) is 10.9. The van der Waals surface area contributed by atoms with E-state index in [2.05, 4.69) is 5.10 Å². The number of hydrogen-bond donors (Lipinski definition) is 1. The van der Waals surface area contributed by atoms with E-state index in [1.807, 2.05) is 0 Å². The Balaban J connectivity index is 2.90. The van der Waals surface area contributed by atoms with Crippen molar-refractivity contribution < 1.29 is 13.5 Å². The SMILES string of the molecule is Cc1nn(C)cc1C(O)CS(C)(=O)=O. The summed E-state index contributed by atoms with van der Waals surface area (Å²) < 4.78 is 23.4. The molecule has 1 aromatic heterocycles. The first-order chi connectivity index (χ1) is 6.29. The second-order valence-corrected chi connectivity index (χ2v) is 5.64. The highest BCUT2D eigenvalue weighted by molar-refractivity contribution is 7.90. The van der Waals surface area contributed by atoms with Crippen LogP contribution in [-0.2, 0) is 16.9 Å². The average molecular weight is 218 g/mol. The molecule has 1 atom stereocenters. The van der Waals surface area contributed by atoms with E-state index in [4.69, 9.17) is 0 Å². The number of hydrogen-bond acceptors (Lipinski definition) is 4. The molecule has 1 rings (SSSR count). The monoisotopic (exact) mass is 218 g/mol. The van der Waals surface area contributed by atoms with Gasteiger partial charge >= 0.3 is 0 Å². The van der Waals surface area contributed by atoms with Gasteiger partial charge in [-0.05, 0) is 6.92 Å². The Hall–Kier alpha value is -0.880. The second-order valence-electron chi connectivity index (χ2n) is 3.45. The number of aliphatic hydroxyl groups is 1. The summed E-state index contributed by atoms with van der Waals surface area (Å²) in [6, 6.07) is 0. The van der Waals surface area contributed by atoms with Gasteiger partial charge in [-0.1, -0.05) is 0 Å². The highest BCUT2D eigenvalue weighted by Crippen LogP contribution is 2.17. The fourth-order valence-electron chi connectivity index (χ4n) is 1.32. The van der Waals surface area contributed by atoms with Crippen LogP contribution in [-0.4, -0.2) is 35.3 Å². The van der Waals surface area contributed by atoms with Crippen molar-refractivity contribution in [2.24, 2.45) is 7.05 Å². The quantitative estimate of drug-likeness (QED) is 0.763. The minimum absolute atomic E-state index is 0.264. The normalized spacial score (nSPS) is 14.3. The molecule has 0 aliphatic carbocycles. The van der Waals surface area contributed by atoms with Crippen molar-refractivity contribution in [3.05, 3.63) is 17.5 Å². The lowest BCUT2D eigenvalue weighted by molar-refractivity contribution is 0.201. The van der Waals surface area contributed by atoms with E-state index in [0.717, 1.165) is 6.26 Å². The van der Waals surface area contributed by atoms with Crippen LogP contribution in [0.2, 0.25) is 0 Å². The molecule has 0 fully saturated rings. The van der Waals surface area contributed by atoms with E-state index in [9.17, 15) is 13.5 Å². The maximum atomic E-state index is 10.9. The van der Waals surface area contributed by atoms with Gasteiger partial charge in [-0.15, -0.1) is 0 Å². The first kappa shape index (κ1) is 11.2. The lowest BCUT2D eigenvalue weighted by Crippen LogP contribution is -2.13. The molecular weight excluding hydrogens is 204 g/mol. The largest absolute Gasteiger partial charge is 0.387 e. The number of aryl methyl sites for hydroxylation is 2. The molecular formula is C8H14N2O3S. The van der Waals surface area contributed by atoms with Crippen LogP contribution in [0.4, 0.5) is 0 Å². The second kappa shape index (κ2) is 3.70. The predicted molar refractivity (Wildman–Crippen MR) is 52.6 cm³/mol. The lowest BCUT2D eigenvalue weighted by Gasteiger charge is -2.07. The first-order valence-electron chi connectivity index (χ1n) is 4.15. The van der Waals surface area contributed by atoms with Crippen LogP contribution >= 0.6 is 0 Å². The van der Waals surface area contributed by atoms with Crippen molar-refractivity contribution in [3.8, 4) is 0 Å². The molecule has 1 N–H and O–H groups in total. The molecule has 1 unspecified atom stereocenters. The van der Waals surface area contributed by atoms with E-state index in [0.29, 0.717) is 11.3 Å². The number of aliphatic hydroxyl groups excluding tert-OH is 1. The van der Waals surface area contributed by atoms with Crippen LogP contribution in [0, 0.1) is 6.92 Å². The summed E-state index contributed by atoms with van der Waals surface area (Å²) in [7, 11) is -1.44. The molecule has 0 aromatic carbocycles. The fourth-order valence-corrected chi connectivity index (χ4v) is 2.07. The predicted octanol–water partition coefficient (Wildman–Crippen LogP) is -0.193. The van der Waals surface area contributed by atoms with Gasteiger partial charge in [0.15, 0.2) is 0 Å². The van der Waals surface area contributed by atoms with Crippen molar-refractivity contribution in [2.45, 2.75) is 13.0 Å². The molecule has 0 amide bonds. The molecule has 1 aromatic rings. The van der Waals surface area contributed by atoms with Gasteiger partial charge in [-0.25, -0.2) is 8.42 Å². The molecule has 5 nitrogen and oxygen atoms in total. The zero-order valence-corrected chi connectivity index (χ0v) is 9.24.